The summed E-state index contributed by atoms with van der Waals surface area (Å²) in [4.78, 5) is 26.5. The van der Waals surface area contributed by atoms with Crippen LogP contribution in [-0.2, 0) is 23.8 Å². The third-order valence-electron chi connectivity index (χ3n) is 14.8. The van der Waals surface area contributed by atoms with Gasteiger partial charge in [-0.25, -0.2) is 0 Å². The van der Waals surface area contributed by atoms with Crippen LogP contribution < -0.4 is 5.32 Å². The summed E-state index contributed by atoms with van der Waals surface area (Å²) < 4.78 is 17.5. The minimum absolute atomic E-state index is 0.0260. The van der Waals surface area contributed by atoms with E-state index in [2.05, 4.69) is 32.2 Å². The molecule has 6 N–H and O–H groups in total. The van der Waals surface area contributed by atoms with Crippen LogP contribution in [0.3, 0.4) is 0 Å². The average molecular weight is 1080 g/mol. The first-order chi connectivity index (χ1) is 37.7. The Morgan fingerprint density at radius 1 is 0.519 bits per heavy atom. The van der Waals surface area contributed by atoms with Crippen molar-refractivity contribution in [1.82, 2.24) is 5.32 Å². The van der Waals surface area contributed by atoms with E-state index in [0.29, 0.717) is 19.3 Å². The molecule has 8 atom stereocenters. The summed E-state index contributed by atoms with van der Waals surface area (Å²) in [5.41, 5.74) is 0. The van der Waals surface area contributed by atoms with E-state index in [4.69, 9.17) is 14.2 Å². The molecular formula is C66H117NO10. The fraction of sp³-hybridized carbons (Fsp3) is 0.788. The molecule has 1 aliphatic heterocycles. The Hall–Kier alpha value is -2.90. The lowest BCUT2D eigenvalue weighted by molar-refractivity contribution is -0.305. The number of nitrogens with one attached hydrogen (secondary N) is 1. The van der Waals surface area contributed by atoms with Gasteiger partial charge in [-0.2, -0.15) is 0 Å². The lowest BCUT2D eigenvalue weighted by Gasteiger charge is -2.41. The molecule has 0 radical (unpaired) electrons. The first-order valence-electron chi connectivity index (χ1n) is 31.8. The van der Waals surface area contributed by atoms with Crippen molar-refractivity contribution < 1.29 is 49.3 Å². The van der Waals surface area contributed by atoms with Crippen LogP contribution in [0.15, 0.2) is 72.9 Å². The van der Waals surface area contributed by atoms with Crippen LogP contribution in [0.5, 0.6) is 0 Å². The fourth-order valence-corrected chi connectivity index (χ4v) is 9.74. The zero-order valence-corrected chi connectivity index (χ0v) is 49.3. The number of unbranched alkanes of at least 4 members (excludes halogenated alkanes) is 33. The monoisotopic (exact) mass is 1080 g/mol. The Morgan fingerprint density at radius 2 is 0.935 bits per heavy atom. The summed E-state index contributed by atoms with van der Waals surface area (Å²) in [6, 6.07) is -1.04. The molecule has 1 saturated heterocycles. The third-order valence-corrected chi connectivity index (χ3v) is 14.8. The number of esters is 1. The number of allylic oxidation sites excluding steroid dienone is 11. The van der Waals surface area contributed by atoms with Crippen molar-refractivity contribution in [3.05, 3.63) is 72.9 Å². The van der Waals surface area contributed by atoms with Crippen molar-refractivity contribution >= 4 is 11.9 Å². The van der Waals surface area contributed by atoms with Gasteiger partial charge >= 0.3 is 5.97 Å². The summed E-state index contributed by atoms with van der Waals surface area (Å²) in [6.07, 6.45) is 58.4. The van der Waals surface area contributed by atoms with Gasteiger partial charge in [0.1, 0.15) is 24.4 Å². The SMILES string of the molecule is CC/C=C/C=C/C=C\C=C/C=C/CCCC(=O)OC1C(OCC(NC(=O)C(O)CCCCCCCCCCCCCCCCCCCCCCCCCC)C(O)/C=C/CCCCCCCCCCC)OC(CO)C(O)C1O. The third kappa shape index (κ3) is 41.7. The van der Waals surface area contributed by atoms with Crippen LogP contribution in [0.2, 0.25) is 0 Å². The molecule has 446 valence electrons. The van der Waals surface area contributed by atoms with Gasteiger partial charge in [-0.15, -0.1) is 0 Å². The topological polar surface area (TPSA) is 175 Å². The van der Waals surface area contributed by atoms with Crippen LogP contribution in [0, 0.1) is 0 Å². The highest BCUT2D eigenvalue weighted by Crippen LogP contribution is 2.26. The molecule has 0 bridgehead atoms. The van der Waals surface area contributed by atoms with Gasteiger partial charge in [-0.1, -0.05) is 299 Å². The van der Waals surface area contributed by atoms with E-state index in [1.807, 2.05) is 60.8 Å². The second-order valence-corrected chi connectivity index (χ2v) is 21.9. The summed E-state index contributed by atoms with van der Waals surface area (Å²) in [5, 5.41) is 56.9. The van der Waals surface area contributed by atoms with Crippen LogP contribution in [0.1, 0.15) is 271 Å². The maximum absolute atomic E-state index is 13.4. The van der Waals surface area contributed by atoms with Crippen molar-refractivity contribution in [2.45, 2.75) is 320 Å². The zero-order valence-electron chi connectivity index (χ0n) is 49.3. The molecule has 0 aromatic carbocycles. The Balaban J connectivity index is 2.61. The number of carbonyl (C=O) groups is 2. The highest BCUT2D eigenvalue weighted by atomic mass is 16.7. The average Bonchev–Trinajstić information content (AvgIpc) is 3.44. The van der Waals surface area contributed by atoms with Crippen molar-refractivity contribution in [2.24, 2.45) is 0 Å². The first kappa shape index (κ1) is 72.1. The standard InChI is InChI=1S/C66H117NO10/c1-4-7-10-13-16-19-22-24-25-26-27-28-29-30-31-32-33-34-36-38-41-44-47-50-53-59(70)65(74)67-57(58(69)52-49-46-43-40-37-21-18-15-12-9-6-3)56-75-66-64(63(73)62(72)60(55-68)76-66)77-61(71)54-51-48-45-42-39-35-23-20-17-14-11-8-5-2/h8,11,14,17,20,23,35,39,42,45,49,52,57-60,62-64,66,68-70,72-73H,4-7,9-10,12-13,15-16,18-19,21-22,24-34,36-38,40-41,43-44,46-48,50-51,53-56H2,1-3H3,(H,67,74)/b11-8+,17-14+,23-20-,39-35-,45-42+,52-49+. The maximum atomic E-state index is 13.4. The van der Waals surface area contributed by atoms with E-state index in [1.165, 1.54) is 167 Å². The van der Waals surface area contributed by atoms with Crippen molar-refractivity contribution in [3.8, 4) is 0 Å². The molecule has 0 aromatic heterocycles. The molecule has 8 unspecified atom stereocenters. The van der Waals surface area contributed by atoms with Gasteiger partial charge < -0.3 is 45.1 Å². The molecule has 0 spiro atoms. The molecule has 1 fully saturated rings. The van der Waals surface area contributed by atoms with Gasteiger partial charge in [0.25, 0.3) is 0 Å². The molecule has 11 heteroatoms. The first-order valence-corrected chi connectivity index (χ1v) is 31.8. The number of hydrogen-bond donors (Lipinski definition) is 6. The zero-order chi connectivity index (χ0) is 56.1. The van der Waals surface area contributed by atoms with E-state index in [0.717, 1.165) is 51.4 Å². The van der Waals surface area contributed by atoms with E-state index < -0.39 is 67.4 Å². The Kier molecular flexibility index (Phi) is 50.3. The summed E-state index contributed by atoms with van der Waals surface area (Å²) in [5.74, 6) is -1.27. The van der Waals surface area contributed by atoms with Crippen molar-refractivity contribution in [3.63, 3.8) is 0 Å². The molecule has 11 nitrogen and oxygen atoms in total. The number of amides is 1. The molecule has 1 rings (SSSR count). The lowest BCUT2D eigenvalue weighted by atomic mass is 9.99. The molecule has 0 saturated carbocycles. The second-order valence-electron chi connectivity index (χ2n) is 21.9. The second kappa shape index (κ2) is 53.7. The number of rotatable bonds is 53. The van der Waals surface area contributed by atoms with Gasteiger partial charge in [0, 0.05) is 6.42 Å². The minimum atomic E-state index is -1.64. The fourth-order valence-electron chi connectivity index (χ4n) is 9.74. The minimum Gasteiger partial charge on any atom is -0.454 e. The molecule has 0 aliphatic carbocycles. The Labute approximate surface area is 471 Å². The van der Waals surface area contributed by atoms with Crippen LogP contribution >= 0.6 is 0 Å². The highest BCUT2D eigenvalue weighted by Gasteiger charge is 2.47. The normalized spacial score (nSPS) is 19.5. The van der Waals surface area contributed by atoms with Crippen molar-refractivity contribution in [1.29, 1.82) is 0 Å². The predicted molar refractivity (Wildman–Crippen MR) is 319 cm³/mol. The van der Waals surface area contributed by atoms with E-state index >= 15 is 0 Å². The van der Waals surface area contributed by atoms with Crippen LogP contribution in [-0.4, -0.2) is 99.6 Å². The smallest absolute Gasteiger partial charge is 0.306 e. The largest absolute Gasteiger partial charge is 0.454 e. The van der Waals surface area contributed by atoms with Gasteiger partial charge in [-0.3, -0.25) is 9.59 Å². The molecular weight excluding hydrogens is 967 g/mol. The predicted octanol–water partition coefficient (Wildman–Crippen LogP) is 15.2. The van der Waals surface area contributed by atoms with E-state index in [-0.39, 0.29) is 19.4 Å². The molecule has 0 aromatic rings. The van der Waals surface area contributed by atoms with Gasteiger partial charge in [-0.05, 0) is 38.5 Å². The molecule has 1 amide bonds. The highest BCUT2D eigenvalue weighted by molar-refractivity contribution is 5.80. The van der Waals surface area contributed by atoms with Crippen LogP contribution in [0.25, 0.3) is 0 Å². The molecule has 1 aliphatic rings. The number of hydrogen-bond acceptors (Lipinski definition) is 10. The van der Waals surface area contributed by atoms with E-state index in [1.54, 1.807) is 6.08 Å². The number of carbonyl (C=O) groups excluding carboxylic acids is 2. The van der Waals surface area contributed by atoms with Gasteiger partial charge in [0.05, 0.1) is 25.4 Å². The maximum Gasteiger partial charge on any atom is 0.306 e. The quantitative estimate of drug-likeness (QED) is 0.0149. The van der Waals surface area contributed by atoms with Crippen molar-refractivity contribution in [2.75, 3.05) is 13.2 Å². The molecule has 77 heavy (non-hydrogen) atoms. The summed E-state index contributed by atoms with van der Waals surface area (Å²) in [7, 11) is 0. The van der Waals surface area contributed by atoms with Crippen LogP contribution in [0.4, 0.5) is 0 Å². The summed E-state index contributed by atoms with van der Waals surface area (Å²) >= 11 is 0. The summed E-state index contributed by atoms with van der Waals surface area (Å²) in [6.45, 7) is 5.61. The Bertz CT molecular complexity index is 1530. The lowest BCUT2D eigenvalue weighted by Crippen LogP contribution is -2.61. The molecule has 1 heterocycles. The number of aliphatic hydroxyl groups is 5. The Morgan fingerprint density at radius 3 is 1.39 bits per heavy atom. The number of ether oxygens (including phenoxy) is 3. The number of aliphatic hydroxyl groups excluding tert-OH is 5. The van der Waals surface area contributed by atoms with Gasteiger partial charge in [0.15, 0.2) is 12.4 Å². The van der Waals surface area contributed by atoms with E-state index in [9.17, 15) is 35.1 Å². The van der Waals surface area contributed by atoms with Gasteiger partial charge in [0.2, 0.25) is 5.91 Å².